The fourth-order valence-electron chi connectivity index (χ4n) is 2.05. The lowest BCUT2D eigenvalue weighted by atomic mass is 9.95. The molecular formula is C16H14O5. The molecule has 0 aliphatic rings. The summed E-state index contributed by atoms with van der Waals surface area (Å²) in [5.74, 6) is -1.36. The van der Waals surface area contributed by atoms with Gasteiger partial charge in [-0.2, -0.15) is 5.26 Å². The maximum Gasteiger partial charge on any atom is 0.373 e. The molecule has 0 aliphatic heterocycles. The minimum atomic E-state index is -0.885. The van der Waals surface area contributed by atoms with Crippen molar-refractivity contribution in [3.05, 3.63) is 59.7 Å². The summed E-state index contributed by atoms with van der Waals surface area (Å²) in [5.41, 5.74) is 1.53. The summed E-state index contributed by atoms with van der Waals surface area (Å²) in [6.45, 7) is 1.98. The van der Waals surface area contributed by atoms with E-state index >= 15 is 0 Å². The van der Waals surface area contributed by atoms with Gasteiger partial charge in [0, 0.05) is 0 Å². The van der Waals surface area contributed by atoms with Crippen LogP contribution in [0.5, 0.6) is 0 Å². The van der Waals surface area contributed by atoms with Crippen LogP contribution in [0.15, 0.2) is 48.5 Å². The Balaban J connectivity index is 2.58. The first-order valence-electron chi connectivity index (χ1n) is 6.40. The molecule has 0 saturated heterocycles. The average molecular weight is 286 g/mol. The molecule has 0 unspecified atom stereocenters. The van der Waals surface area contributed by atoms with Crippen LogP contribution in [0.2, 0.25) is 0 Å². The van der Waals surface area contributed by atoms with Crippen LogP contribution < -0.4 is 0 Å². The Kier molecular flexibility index (Phi) is 4.68. The molecule has 0 radical (unpaired) electrons. The predicted molar refractivity (Wildman–Crippen MR) is 75.9 cm³/mol. The smallest absolute Gasteiger partial charge is 0.373 e. The zero-order valence-electron chi connectivity index (χ0n) is 11.4. The number of carbonyl (C=O) groups excluding carboxylic acids is 2. The Bertz CT molecular complexity index is 663. The Labute approximate surface area is 121 Å². The van der Waals surface area contributed by atoms with E-state index in [4.69, 9.17) is 9.99 Å². The van der Waals surface area contributed by atoms with E-state index in [1.807, 2.05) is 0 Å². The highest BCUT2D eigenvalue weighted by atomic mass is 17.1. The second-order valence-electron chi connectivity index (χ2n) is 4.19. The Morgan fingerprint density at radius 1 is 0.905 bits per heavy atom. The minimum absolute atomic E-state index is 0.164. The molecule has 0 heterocycles. The van der Waals surface area contributed by atoms with Gasteiger partial charge in [-0.15, -0.1) is 0 Å². The van der Waals surface area contributed by atoms with E-state index in [1.54, 1.807) is 49.4 Å². The molecule has 0 amide bonds. The molecule has 0 aromatic heterocycles. The summed E-state index contributed by atoms with van der Waals surface area (Å²) in [5, 5.41) is 8.58. The quantitative estimate of drug-likeness (QED) is 0.531. The predicted octanol–water partition coefficient (Wildman–Crippen LogP) is 3.16. The van der Waals surface area contributed by atoms with E-state index in [-0.39, 0.29) is 12.2 Å². The van der Waals surface area contributed by atoms with E-state index in [0.717, 1.165) is 0 Å². The van der Waals surface area contributed by atoms with Crippen molar-refractivity contribution < 1.29 is 24.5 Å². The van der Waals surface area contributed by atoms with Gasteiger partial charge in [0.25, 0.3) is 0 Å². The first kappa shape index (κ1) is 14.7. The van der Waals surface area contributed by atoms with Crippen LogP contribution in [-0.2, 0) is 9.62 Å². The van der Waals surface area contributed by atoms with Gasteiger partial charge in [-0.3, -0.25) is 4.89 Å². The number of carbonyl (C=O) groups is 2. The zero-order chi connectivity index (χ0) is 15.2. The topological polar surface area (TPSA) is 72.8 Å². The average Bonchev–Trinajstić information content (AvgIpc) is 2.54. The first-order chi connectivity index (χ1) is 10.2. The van der Waals surface area contributed by atoms with Crippen molar-refractivity contribution in [2.24, 2.45) is 0 Å². The number of esters is 1. The van der Waals surface area contributed by atoms with E-state index in [0.29, 0.717) is 16.7 Å². The highest BCUT2D eigenvalue weighted by molar-refractivity contribution is 6.03. The monoisotopic (exact) mass is 286 g/mol. The van der Waals surface area contributed by atoms with Crippen LogP contribution in [0.25, 0.3) is 11.1 Å². The van der Waals surface area contributed by atoms with E-state index < -0.39 is 11.9 Å². The van der Waals surface area contributed by atoms with Crippen molar-refractivity contribution in [2.75, 3.05) is 6.61 Å². The van der Waals surface area contributed by atoms with Crippen molar-refractivity contribution in [1.29, 1.82) is 0 Å². The second kappa shape index (κ2) is 6.67. The lowest BCUT2D eigenvalue weighted by Crippen LogP contribution is -2.09. The molecule has 0 spiro atoms. The highest BCUT2D eigenvalue weighted by Crippen LogP contribution is 2.28. The van der Waals surface area contributed by atoms with Gasteiger partial charge >= 0.3 is 11.9 Å². The Morgan fingerprint density at radius 2 is 1.38 bits per heavy atom. The summed E-state index contributed by atoms with van der Waals surface area (Å²) >= 11 is 0. The van der Waals surface area contributed by atoms with Gasteiger partial charge in [0.2, 0.25) is 0 Å². The van der Waals surface area contributed by atoms with Gasteiger partial charge in [0.05, 0.1) is 17.7 Å². The number of rotatable bonds is 4. The van der Waals surface area contributed by atoms with E-state index in [1.165, 1.54) is 6.07 Å². The van der Waals surface area contributed by atoms with Crippen LogP contribution in [0, 0.1) is 0 Å². The third-order valence-electron chi connectivity index (χ3n) is 2.94. The lowest BCUT2D eigenvalue weighted by molar-refractivity contribution is -0.182. The largest absolute Gasteiger partial charge is 0.462 e. The molecule has 108 valence electrons. The van der Waals surface area contributed by atoms with Crippen molar-refractivity contribution in [2.45, 2.75) is 6.92 Å². The van der Waals surface area contributed by atoms with Crippen LogP contribution in [0.1, 0.15) is 27.6 Å². The number of ether oxygens (including phenoxy) is 1. The van der Waals surface area contributed by atoms with Gasteiger partial charge in [-0.25, -0.2) is 9.59 Å². The summed E-state index contributed by atoms with van der Waals surface area (Å²) in [6, 6.07) is 13.3. The van der Waals surface area contributed by atoms with Crippen molar-refractivity contribution in [1.82, 2.24) is 0 Å². The van der Waals surface area contributed by atoms with Crippen LogP contribution in [0.3, 0.4) is 0 Å². The van der Waals surface area contributed by atoms with Gasteiger partial charge in [0.1, 0.15) is 0 Å². The summed E-state index contributed by atoms with van der Waals surface area (Å²) in [7, 11) is 0. The third-order valence-corrected chi connectivity index (χ3v) is 2.94. The summed E-state index contributed by atoms with van der Waals surface area (Å²) < 4.78 is 5.01. The number of benzene rings is 2. The molecular weight excluding hydrogens is 272 g/mol. The normalized spacial score (nSPS) is 10.0. The fourth-order valence-corrected chi connectivity index (χ4v) is 2.05. The molecule has 2 rings (SSSR count). The fraction of sp³-hybridized carbons (Fsp3) is 0.125. The molecule has 5 heteroatoms. The number of hydrogen-bond acceptors (Lipinski definition) is 5. The van der Waals surface area contributed by atoms with Crippen LogP contribution >= 0.6 is 0 Å². The lowest BCUT2D eigenvalue weighted by Gasteiger charge is -2.11. The molecule has 1 N–H and O–H groups in total. The molecule has 0 fully saturated rings. The first-order valence-corrected chi connectivity index (χ1v) is 6.40. The molecule has 0 atom stereocenters. The molecule has 0 saturated carbocycles. The molecule has 0 bridgehead atoms. The van der Waals surface area contributed by atoms with Gasteiger partial charge in [-0.1, -0.05) is 36.4 Å². The Hall–Kier alpha value is -2.66. The minimum Gasteiger partial charge on any atom is -0.462 e. The van der Waals surface area contributed by atoms with Gasteiger partial charge in [-0.05, 0) is 30.2 Å². The molecule has 0 aliphatic carbocycles. The van der Waals surface area contributed by atoms with Gasteiger partial charge < -0.3 is 4.74 Å². The van der Waals surface area contributed by atoms with E-state index in [2.05, 4.69) is 4.89 Å². The van der Waals surface area contributed by atoms with Crippen molar-refractivity contribution >= 4 is 11.9 Å². The maximum absolute atomic E-state index is 12.0. The van der Waals surface area contributed by atoms with E-state index in [9.17, 15) is 9.59 Å². The zero-order valence-corrected chi connectivity index (χ0v) is 11.4. The maximum atomic E-state index is 12.0. The van der Waals surface area contributed by atoms with Gasteiger partial charge in [0.15, 0.2) is 0 Å². The van der Waals surface area contributed by atoms with Crippen LogP contribution in [-0.4, -0.2) is 23.8 Å². The number of hydrogen-bond donors (Lipinski definition) is 1. The Morgan fingerprint density at radius 3 is 1.86 bits per heavy atom. The van der Waals surface area contributed by atoms with Crippen molar-refractivity contribution in [3.63, 3.8) is 0 Å². The standard InChI is InChI=1S/C16H14O5/c1-2-20-15(17)13-9-5-3-7-11(13)12-8-4-6-10-14(12)16(18)21-19/h3-10,19H,2H2,1H3. The highest BCUT2D eigenvalue weighted by Gasteiger charge is 2.19. The molecule has 5 nitrogen and oxygen atoms in total. The second-order valence-corrected chi connectivity index (χ2v) is 4.19. The SMILES string of the molecule is CCOC(=O)c1ccccc1-c1ccccc1C(=O)OO. The van der Waals surface area contributed by atoms with Crippen LogP contribution in [0.4, 0.5) is 0 Å². The molecule has 2 aromatic rings. The van der Waals surface area contributed by atoms with Crippen molar-refractivity contribution in [3.8, 4) is 11.1 Å². The third kappa shape index (κ3) is 3.09. The summed E-state index contributed by atoms with van der Waals surface area (Å²) in [4.78, 5) is 27.4. The molecule has 2 aromatic carbocycles. The molecule has 21 heavy (non-hydrogen) atoms. The summed E-state index contributed by atoms with van der Waals surface area (Å²) in [6.07, 6.45) is 0.